The van der Waals surface area contributed by atoms with Gasteiger partial charge in [0.15, 0.2) is 0 Å². The first-order valence-corrected chi connectivity index (χ1v) is 9.53. The van der Waals surface area contributed by atoms with Crippen molar-refractivity contribution in [2.24, 2.45) is 0 Å². The number of hydrogen-bond donors (Lipinski definition) is 7. The monoisotopic (exact) mass is 390 g/mol. The van der Waals surface area contributed by atoms with Gasteiger partial charge in [-0.25, -0.2) is 4.79 Å². The summed E-state index contributed by atoms with van der Waals surface area (Å²) in [7, 11) is 0. The predicted octanol–water partition coefficient (Wildman–Crippen LogP) is -0.986. The molecule has 0 heterocycles. The van der Waals surface area contributed by atoms with Crippen LogP contribution in [0, 0.1) is 0 Å². The molecule has 0 radical (unpaired) electrons. The van der Waals surface area contributed by atoms with Crippen molar-refractivity contribution in [1.82, 2.24) is 10.6 Å². The number of amides is 2. The van der Waals surface area contributed by atoms with Crippen LogP contribution in [0.15, 0.2) is 12.2 Å². The van der Waals surface area contributed by atoms with E-state index in [0.717, 1.165) is 0 Å². The smallest absolute Gasteiger partial charge is 0.315 e. The molecule has 158 valence electrons. The number of urea groups is 1. The lowest BCUT2D eigenvalue weighted by Crippen LogP contribution is -2.52. The van der Waals surface area contributed by atoms with Gasteiger partial charge in [0.05, 0.1) is 31.0 Å². The van der Waals surface area contributed by atoms with E-state index in [0.29, 0.717) is 25.8 Å². The van der Waals surface area contributed by atoms with Gasteiger partial charge in [0.1, 0.15) is 18.3 Å². The summed E-state index contributed by atoms with van der Waals surface area (Å²) in [5.74, 6) is 0. The topological polar surface area (TPSA) is 152 Å². The van der Waals surface area contributed by atoms with Crippen LogP contribution >= 0.6 is 0 Å². The normalized spacial score (nSPS) is 30.5. The number of allylic oxidation sites excluding steroid dienone is 1. The molecule has 2 amide bonds. The maximum atomic E-state index is 11.8. The molecule has 27 heavy (non-hydrogen) atoms. The molecule has 0 aromatic rings. The van der Waals surface area contributed by atoms with E-state index < -0.39 is 48.7 Å². The van der Waals surface area contributed by atoms with Gasteiger partial charge in [-0.3, -0.25) is 0 Å². The number of rotatable bonds is 9. The Balaban J connectivity index is 2.74. The Morgan fingerprint density at radius 1 is 1.22 bits per heavy atom. The first kappa shape index (κ1) is 23.8. The molecule has 0 bridgehead atoms. The summed E-state index contributed by atoms with van der Waals surface area (Å²) < 4.78 is 5.69. The molecule has 1 aliphatic carbocycles. The summed E-state index contributed by atoms with van der Waals surface area (Å²) in [6, 6.07) is -1.29. The second-order valence-electron chi connectivity index (χ2n) is 6.82. The minimum Gasteiger partial charge on any atom is -0.393 e. The molecule has 0 aliphatic heterocycles. The first-order valence-electron chi connectivity index (χ1n) is 9.53. The first-order chi connectivity index (χ1) is 12.8. The molecule has 0 saturated heterocycles. The van der Waals surface area contributed by atoms with E-state index in [1.807, 2.05) is 0 Å². The molecule has 9 heteroatoms. The summed E-state index contributed by atoms with van der Waals surface area (Å²) in [5.41, 5.74) is 0. The van der Waals surface area contributed by atoms with Crippen LogP contribution in [0.2, 0.25) is 0 Å². The number of hydrogen-bond acceptors (Lipinski definition) is 7. The molecule has 0 spiro atoms. The highest BCUT2D eigenvalue weighted by Gasteiger charge is 2.33. The number of carbonyl (C=O) groups excluding carboxylic acids is 1. The van der Waals surface area contributed by atoms with Gasteiger partial charge in [0.25, 0.3) is 0 Å². The average Bonchev–Trinajstić information content (AvgIpc) is 2.64. The molecule has 7 N–H and O–H groups in total. The summed E-state index contributed by atoms with van der Waals surface area (Å²) in [4.78, 5) is 11.8. The zero-order valence-corrected chi connectivity index (χ0v) is 16.0. The van der Waals surface area contributed by atoms with Crippen molar-refractivity contribution in [3.63, 3.8) is 0 Å². The van der Waals surface area contributed by atoms with Gasteiger partial charge in [-0.2, -0.15) is 0 Å². The average molecular weight is 390 g/mol. The molecule has 0 aromatic carbocycles. The largest absolute Gasteiger partial charge is 0.393 e. The zero-order valence-electron chi connectivity index (χ0n) is 16.0. The number of aliphatic hydroxyl groups is 5. The van der Waals surface area contributed by atoms with Crippen LogP contribution in [0.5, 0.6) is 0 Å². The molecule has 1 aliphatic rings. The third kappa shape index (κ3) is 8.12. The van der Waals surface area contributed by atoms with Crippen LogP contribution in [0.3, 0.4) is 0 Å². The van der Waals surface area contributed by atoms with E-state index in [2.05, 4.69) is 10.6 Å². The summed E-state index contributed by atoms with van der Waals surface area (Å²) in [5, 5.41) is 55.3. The highest BCUT2D eigenvalue weighted by molar-refractivity contribution is 5.74. The minimum atomic E-state index is -1.40. The highest BCUT2D eigenvalue weighted by Crippen LogP contribution is 2.18. The van der Waals surface area contributed by atoms with Crippen LogP contribution in [-0.2, 0) is 4.74 Å². The molecular formula is C18H34N2O7. The van der Waals surface area contributed by atoms with Gasteiger partial charge >= 0.3 is 6.03 Å². The Morgan fingerprint density at radius 3 is 2.56 bits per heavy atom. The van der Waals surface area contributed by atoms with Gasteiger partial charge < -0.3 is 40.9 Å². The second kappa shape index (κ2) is 12.3. The van der Waals surface area contributed by atoms with Crippen molar-refractivity contribution in [2.45, 2.75) is 82.2 Å². The second-order valence-corrected chi connectivity index (χ2v) is 6.82. The Bertz CT molecular complexity index is 463. The van der Waals surface area contributed by atoms with E-state index in [4.69, 9.17) is 4.74 Å². The molecular weight excluding hydrogens is 356 g/mol. The fraction of sp³-hybridized carbons (Fsp3) is 0.833. The molecule has 9 nitrogen and oxygen atoms in total. The van der Waals surface area contributed by atoms with Gasteiger partial charge in [-0.05, 0) is 26.2 Å². The van der Waals surface area contributed by atoms with Gasteiger partial charge in [-0.1, -0.05) is 19.1 Å². The van der Waals surface area contributed by atoms with Crippen LogP contribution in [0.1, 0.15) is 39.5 Å². The van der Waals surface area contributed by atoms with Crippen molar-refractivity contribution < 1.29 is 35.1 Å². The fourth-order valence-electron chi connectivity index (χ4n) is 2.85. The highest BCUT2D eigenvalue weighted by atomic mass is 16.5. The quantitative estimate of drug-likeness (QED) is 0.250. The van der Waals surface area contributed by atoms with Crippen LogP contribution in [-0.4, -0.2) is 87.4 Å². The molecule has 7 atom stereocenters. The zero-order chi connectivity index (χ0) is 20.4. The van der Waals surface area contributed by atoms with Gasteiger partial charge in [0.2, 0.25) is 0 Å². The predicted molar refractivity (Wildman–Crippen MR) is 99.1 cm³/mol. The lowest BCUT2D eigenvalue weighted by Gasteiger charge is -2.32. The van der Waals surface area contributed by atoms with E-state index in [9.17, 15) is 30.3 Å². The molecule has 1 rings (SSSR count). The maximum absolute atomic E-state index is 11.8. The van der Waals surface area contributed by atoms with Crippen molar-refractivity contribution in [1.29, 1.82) is 0 Å². The van der Waals surface area contributed by atoms with E-state index in [-0.39, 0.29) is 13.0 Å². The van der Waals surface area contributed by atoms with Crippen LogP contribution in [0.25, 0.3) is 0 Å². The van der Waals surface area contributed by atoms with Gasteiger partial charge in [0, 0.05) is 13.0 Å². The van der Waals surface area contributed by atoms with Crippen molar-refractivity contribution in [3.05, 3.63) is 12.2 Å². The van der Waals surface area contributed by atoms with E-state index in [1.165, 1.54) is 6.08 Å². The van der Waals surface area contributed by atoms with Crippen molar-refractivity contribution in [2.75, 3.05) is 13.2 Å². The SMILES string of the molecule is CCNC(=O)NC(COC1CC/C=C\C(O)C(O)C1O)C(O)CC(O)CC. The Morgan fingerprint density at radius 2 is 1.93 bits per heavy atom. The van der Waals surface area contributed by atoms with E-state index >= 15 is 0 Å². The summed E-state index contributed by atoms with van der Waals surface area (Å²) in [6.07, 6.45) is -1.84. The lowest BCUT2D eigenvalue weighted by atomic mass is 9.96. The number of ether oxygens (including phenoxy) is 1. The Kier molecular flexibility index (Phi) is 10.8. The Hall–Kier alpha value is -1.23. The molecule has 0 saturated carbocycles. The van der Waals surface area contributed by atoms with Crippen molar-refractivity contribution >= 4 is 6.03 Å². The molecule has 0 aromatic heterocycles. The van der Waals surface area contributed by atoms with E-state index in [1.54, 1.807) is 19.9 Å². The molecule has 7 unspecified atom stereocenters. The van der Waals surface area contributed by atoms with Crippen LogP contribution in [0.4, 0.5) is 4.79 Å². The number of aliphatic hydroxyl groups excluding tert-OH is 5. The van der Waals surface area contributed by atoms with Crippen LogP contribution < -0.4 is 10.6 Å². The Labute approximate surface area is 160 Å². The third-order valence-corrected chi connectivity index (χ3v) is 4.62. The fourth-order valence-corrected chi connectivity index (χ4v) is 2.85. The number of nitrogens with one attached hydrogen (secondary N) is 2. The minimum absolute atomic E-state index is 0.0637. The number of carbonyl (C=O) groups is 1. The summed E-state index contributed by atoms with van der Waals surface area (Å²) in [6.45, 7) is 3.83. The third-order valence-electron chi connectivity index (χ3n) is 4.62. The molecule has 0 fully saturated rings. The standard InChI is InChI=1S/C18H34N2O7/c1-3-11(21)9-14(23)12(20-18(26)19-4-2)10-27-15-8-6-5-7-13(22)16(24)17(15)25/h5,7,11-17,21-25H,3-4,6,8-10H2,1-2H3,(H2,19,20,26)/b7-5-. The maximum Gasteiger partial charge on any atom is 0.315 e. The summed E-state index contributed by atoms with van der Waals surface area (Å²) >= 11 is 0. The lowest BCUT2D eigenvalue weighted by molar-refractivity contribution is -0.124. The van der Waals surface area contributed by atoms with Crippen molar-refractivity contribution in [3.8, 4) is 0 Å². The van der Waals surface area contributed by atoms with Gasteiger partial charge in [-0.15, -0.1) is 0 Å².